The molecule has 0 radical (unpaired) electrons. The molecule has 2 fully saturated rings. The number of rotatable bonds is 6. The first-order valence-corrected chi connectivity index (χ1v) is 11.8. The molecule has 5 rings (SSSR count). The highest BCUT2D eigenvalue weighted by Crippen LogP contribution is 2.47. The van der Waals surface area contributed by atoms with Gasteiger partial charge in [-0.3, -0.25) is 0 Å². The molecular weight excluding hydrogens is 385 g/mol. The van der Waals surface area contributed by atoms with E-state index in [1.165, 1.54) is 29.7 Å². The number of ether oxygens (including phenoxy) is 2. The second-order valence-corrected chi connectivity index (χ2v) is 9.96. The van der Waals surface area contributed by atoms with Gasteiger partial charge < -0.3 is 14.8 Å². The molecule has 2 atom stereocenters. The molecule has 1 aromatic heterocycles. The van der Waals surface area contributed by atoms with E-state index >= 15 is 0 Å². The third-order valence-corrected chi connectivity index (χ3v) is 8.26. The molecule has 29 heavy (non-hydrogen) atoms. The Hall–Kier alpha value is -1.27. The zero-order chi connectivity index (χ0) is 19.7. The number of benzene rings is 1. The number of aryl methyl sites for hydroxylation is 1. The fourth-order valence-electron chi connectivity index (χ4n) is 5.58. The lowest BCUT2D eigenvalue weighted by Crippen LogP contribution is -2.49. The van der Waals surface area contributed by atoms with Gasteiger partial charge in [0, 0.05) is 36.5 Å². The van der Waals surface area contributed by atoms with Gasteiger partial charge >= 0.3 is 0 Å². The quantitative estimate of drug-likeness (QED) is 0.690. The Labute approximate surface area is 176 Å². The van der Waals surface area contributed by atoms with Gasteiger partial charge in [0.25, 0.3) is 0 Å². The molecule has 3 nitrogen and oxygen atoms in total. The lowest BCUT2D eigenvalue weighted by molar-refractivity contribution is -0.108. The zero-order valence-electron chi connectivity index (χ0n) is 17.0. The lowest BCUT2D eigenvalue weighted by Gasteiger charge is -2.46. The van der Waals surface area contributed by atoms with Crippen molar-refractivity contribution >= 4 is 11.3 Å². The predicted octanol–water partition coefficient (Wildman–Crippen LogP) is 4.76. The van der Waals surface area contributed by atoms with Crippen molar-refractivity contribution in [1.29, 1.82) is 0 Å². The van der Waals surface area contributed by atoms with Crippen LogP contribution in [0, 0.1) is 5.82 Å². The third-order valence-electron chi connectivity index (χ3n) is 7.18. The summed E-state index contributed by atoms with van der Waals surface area (Å²) in [6, 6.07) is 7.17. The van der Waals surface area contributed by atoms with Crippen LogP contribution in [-0.2, 0) is 34.3 Å². The van der Waals surface area contributed by atoms with Gasteiger partial charge in [0.05, 0.1) is 12.2 Å². The molecule has 156 valence electrons. The molecule has 1 aliphatic carbocycles. The van der Waals surface area contributed by atoms with Crippen LogP contribution in [0.3, 0.4) is 0 Å². The van der Waals surface area contributed by atoms with Gasteiger partial charge in [-0.1, -0.05) is 12.1 Å². The standard InChI is InChI=1S/C24H30FNO2S/c25-20-6-4-19(5-7-20)23(9-13-28-24(16-23)10-12-27-17-24)8-11-26-14-22-21-3-1-2-18(21)15-29-22/h4-7,15,26H,1-3,8-14,16-17H2/t23-,24-/m1/s1. The van der Waals surface area contributed by atoms with Crippen molar-refractivity contribution in [1.82, 2.24) is 5.32 Å². The first-order valence-electron chi connectivity index (χ1n) is 10.9. The van der Waals surface area contributed by atoms with Crippen LogP contribution in [0.15, 0.2) is 29.6 Å². The highest BCUT2D eigenvalue weighted by atomic mass is 32.1. The van der Waals surface area contributed by atoms with E-state index in [1.54, 1.807) is 23.3 Å². The van der Waals surface area contributed by atoms with Crippen molar-refractivity contribution in [2.75, 3.05) is 26.4 Å². The molecule has 3 aliphatic rings. The normalized spacial score (nSPS) is 28.9. The molecule has 1 N–H and O–H groups in total. The Morgan fingerprint density at radius 3 is 2.83 bits per heavy atom. The van der Waals surface area contributed by atoms with Crippen LogP contribution in [0.1, 0.15) is 53.7 Å². The monoisotopic (exact) mass is 415 g/mol. The summed E-state index contributed by atoms with van der Waals surface area (Å²) in [5.74, 6) is -0.167. The number of fused-ring (bicyclic) bond motifs is 1. The van der Waals surface area contributed by atoms with E-state index in [-0.39, 0.29) is 16.8 Å². The average Bonchev–Trinajstić information content (AvgIpc) is 3.45. The van der Waals surface area contributed by atoms with Crippen LogP contribution in [-0.4, -0.2) is 32.0 Å². The minimum atomic E-state index is -0.167. The molecule has 2 aliphatic heterocycles. The number of thiophene rings is 1. The molecular formula is C24H30FNO2S. The van der Waals surface area contributed by atoms with E-state index in [4.69, 9.17) is 9.47 Å². The first-order chi connectivity index (χ1) is 14.2. The Bertz CT molecular complexity index is 843. The summed E-state index contributed by atoms with van der Waals surface area (Å²) in [5, 5.41) is 6.06. The number of halogens is 1. The van der Waals surface area contributed by atoms with Gasteiger partial charge in [0.1, 0.15) is 5.82 Å². The van der Waals surface area contributed by atoms with Crippen molar-refractivity contribution in [2.45, 2.75) is 62.5 Å². The molecule has 1 spiro atoms. The number of nitrogens with one attached hydrogen (secondary N) is 1. The van der Waals surface area contributed by atoms with Crippen molar-refractivity contribution in [3.05, 3.63) is 57.0 Å². The second-order valence-electron chi connectivity index (χ2n) is 8.99. The van der Waals surface area contributed by atoms with E-state index in [0.717, 1.165) is 52.0 Å². The zero-order valence-corrected chi connectivity index (χ0v) is 17.8. The molecule has 0 bridgehead atoms. The van der Waals surface area contributed by atoms with Gasteiger partial charge in [-0.25, -0.2) is 4.39 Å². The summed E-state index contributed by atoms with van der Waals surface area (Å²) in [7, 11) is 0. The van der Waals surface area contributed by atoms with E-state index in [0.29, 0.717) is 6.61 Å². The molecule has 5 heteroatoms. The maximum atomic E-state index is 13.6. The smallest absolute Gasteiger partial charge is 0.123 e. The minimum Gasteiger partial charge on any atom is -0.378 e. The van der Waals surface area contributed by atoms with E-state index < -0.39 is 0 Å². The lowest BCUT2D eigenvalue weighted by atomic mass is 9.66. The van der Waals surface area contributed by atoms with Crippen LogP contribution in [0.4, 0.5) is 4.39 Å². The maximum absolute atomic E-state index is 13.6. The second kappa shape index (κ2) is 8.10. The van der Waals surface area contributed by atoms with Crippen molar-refractivity contribution in [3.63, 3.8) is 0 Å². The molecule has 3 heterocycles. The first kappa shape index (κ1) is 19.7. The summed E-state index contributed by atoms with van der Waals surface area (Å²) < 4.78 is 25.5. The van der Waals surface area contributed by atoms with Crippen molar-refractivity contribution in [2.24, 2.45) is 0 Å². The highest BCUT2D eigenvalue weighted by molar-refractivity contribution is 7.10. The maximum Gasteiger partial charge on any atom is 0.123 e. The largest absolute Gasteiger partial charge is 0.378 e. The highest BCUT2D eigenvalue weighted by Gasteiger charge is 2.48. The molecule has 1 aromatic carbocycles. The van der Waals surface area contributed by atoms with Crippen molar-refractivity contribution < 1.29 is 13.9 Å². The topological polar surface area (TPSA) is 30.5 Å². The molecule has 0 amide bonds. The summed E-state index contributed by atoms with van der Waals surface area (Å²) >= 11 is 1.91. The van der Waals surface area contributed by atoms with Crippen LogP contribution in [0.5, 0.6) is 0 Å². The van der Waals surface area contributed by atoms with Gasteiger partial charge in [0.2, 0.25) is 0 Å². The summed E-state index contributed by atoms with van der Waals surface area (Å²) in [6.07, 6.45) is 7.75. The number of hydrogen-bond donors (Lipinski definition) is 1. The third kappa shape index (κ3) is 3.90. The molecule has 2 aromatic rings. The van der Waals surface area contributed by atoms with Crippen LogP contribution in [0.2, 0.25) is 0 Å². The summed E-state index contributed by atoms with van der Waals surface area (Å²) in [4.78, 5) is 1.51. The van der Waals surface area contributed by atoms with Crippen molar-refractivity contribution in [3.8, 4) is 0 Å². The number of hydrogen-bond acceptors (Lipinski definition) is 4. The molecule has 2 saturated heterocycles. The van der Waals surface area contributed by atoms with E-state index in [2.05, 4.69) is 10.7 Å². The Morgan fingerprint density at radius 2 is 2.00 bits per heavy atom. The summed E-state index contributed by atoms with van der Waals surface area (Å²) in [6.45, 7) is 4.14. The van der Waals surface area contributed by atoms with Gasteiger partial charge in [0.15, 0.2) is 0 Å². The van der Waals surface area contributed by atoms with Crippen LogP contribution in [0.25, 0.3) is 0 Å². The Kier molecular flexibility index (Phi) is 5.50. The van der Waals surface area contributed by atoms with Gasteiger partial charge in [-0.15, -0.1) is 11.3 Å². The minimum absolute atomic E-state index is 0.0179. The van der Waals surface area contributed by atoms with Gasteiger partial charge in [-0.05, 0) is 79.3 Å². The SMILES string of the molecule is Fc1ccc([C@]2(CCNCc3scc4c3CCC4)CCO[C@]3(CCOC3)C2)cc1. The average molecular weight is 416 g/mol. The van der Waals surface area contributed by atoms with Gasteiger partial charge in [-0.2, -0.15) is 0 Å². The van der Waals surface area contributed by atoms with E-state index in [1.807, 2.05) is 23.5 Å². The summed E-state index contributed by atoms with van der Waals surface area (Å²) in [5.41, 5.74) is 4.27. The molecule has 0 saturated carbocycles. The van der Waals surface area contributed by atoms with Crippen LogP contribution >= 0.6 is 11.3 Å². The molecule has 0 unspecified atom stereocenters. The fraction of sp³-hybridized carbons (Fsp3) is 0.583. The Balaban J connectivity index is 1.30. The predicted molar refractivity (Wildman–Crippen MR) is 114 cm³/mol. The van der Waals surface area contributed by atoms with Crippen LogP contribution < -0.4 is 5.32 Å². The Morgan fingerprint density at radius 1 is 1.10 bits per heavy atom. The van der Waals surface area contributed by atoms with E-state index in [9.17, 15) is 4.39 Å². The fourth-order valence-corrected chi connectivity index (χ4v) is 6.68.